The van der Waals surface area contributed by atoms with Gasteiger partial charge in [-0.15, -0.1) is 0 Å². The second-order valence-electron chi connectivity index (χ2n) is 4.32. The van der Waals surface area contributed by atoms with Gasteiger partial charge in [-0.3, -0.25) is 0 Å². The van der Waals surface area contributed by atoms with Gasteiger partial charge >= 0.3 is 0 Å². The van der Waals surface area contributed by atoms with E-state index in [1.165, 1.54) is 17.7 Å². The lowest BCUT2D eigenvalue weighted by Crippen LogP contribution is -1.98. The third-order valence-corrected chi connectivity index (χ3v) is 2.92. The molecular weight excluding hydrogens is 215 g/mol. The molecule has 1 unspecified atom stereocenters. The molecule has 2 aromatic rings. The number of rotatable bonds is 3. The summed E-state index contributed by atoms with van der Waals surface area (Å²) in [6, 6.07) is 13.8. The van der Waals surface area contributed by atoms with Crippen LogP contribution in [-0.4, -0.2) is 5.11 Å². The SMILES string of the molecule is CC(Cc1ccc(O)cc1)c1ccc(F)cc1. The van der Waals surface area contributed by atoms with Gasteiger partial charge in [-0.05, 0) is 47.7 Å². The minimum atomic E-state index is -0.203. The van der Waals surface area contributed by atoms with E-state index in [-0.39, 0.29) is 11.6 Å². The Bertz CT molecular complexity index is 473. The number of benzene rings is 2. The lowest BCUT2D eigenvalue weighted by atomic mass is 9.94. The van der Waals surface area contributed by atoms with Crippen LogP contribution in [0.3, 0.4) is 0 Å². The minimum Gasteiger partial charge on any atom is -0.508 e. The van der Waals surface area contributed by atoms with E-state index in [0.29, 0.717) is 5.92 Å². The van der Waals surface area contributed by atoms with Gasteiger partial charge in [-0.1, -0.05) is 31.2 Å². The van der Waals surface area contributed by atoms with Gasteiger partial charge in [0.1, 0.15) is 11.6 Å². The predicted molar refractivity (Wildman–Crippen MR) is 66.6 cm³/mol. The highest BCUT2D eigenvalue weighted by molar-refractivity contribution is 5.28. The Morgan fingerprint density at radius 2 is 1.59 bits per heavy atom. The van der Waals surface area contributed by atoms with Gasteiger partial charge in [-0.25, -0.2) is 4.39 Å². The van der Waals surface area contributed by atoms with Crippen molar-refractivity contribution in [3.8, 4) is 5.75 Å². The molecule has 88 valence electrons. The minimum absolute atomic E-state index is 0.203. The lowest BCUT2D eigenvalue weighted by molar-refractivity contribution is 0.475. The van der Waals surface area contributed by atoms with E-state index in [9.17, 15) is 9.50 Å². The van der Waals surface area contributed by atoms with E-state index >= 15 is 0 Å². The molecule has 1 N–H and O–H groups in total. The standard InChI is InChI=1S/C15H15FO/c1-11(13-4-6-14(16)7-5-13)10-12-2-8-15(17)9-3-12/h2-9,11,17H,10H2,1H3. The zero-order valence-electron chi connectivity index (χ0n) is 9.73. The van der Waals surface area contributed by atoms with Crippen LogP contribution in [0.25, 0.3) is 0 Å². The van der Waals surface area contributed by atoms with Crippen LogP contribution in [0.1, 0.15) is 24.0 Å². The largest absolute Gasteiger partial charge is 0.508 e. The second-order valence-corrected chi connectivity index (χ2v) is 4.32. The summed E-state index contributed by atoms with van der Waals surface area (Å²) >= 11 is 0. The molecule has 2 aromatic carbocycles. The molecule has 0 saturated heterocycles. The van der Waals surface area contributed by atoms with Gasteiger partial charge in [0.25, 0.3) is 0 Å². The number of halogens is 1. The average Bonchev–Trinajstić information content (AvgIpc) is 2.33. The molecular formula is C15H15FO. The summed E-state index contributed by atoms with van der Waals surface area (Å²) in [5, 5.41) is 9.20. The monoisotopic (exact) mass is 230 g/mol. The van der Waals surface area contributed by atoms with Crippen molar-refractivity contribution in [3.05, 3.63) is 65.5 Å². The van der Waals surface area contributed by atoms with Crippen LogP contribution in [0.4, 0.5) is 4.39 Å². The maximum absolute atomic E-state index is 12.8. The summed E-state index contributed by atoms with van der Waals surface area (Å²) in [6.45, 7) is 2.11. The van der Waals surface area contributed by atoms with Crippen LogP contribution in [0.15, 0.2) is 48.5 Å². The molecule has 0 aliphatic carbocycles. The normalized spacial score (nSPS) is 12.4. The van der Waals surface area contributed by atoms with Crippen molar-refractivity contribution in [1.29, 1.82) is 0 Å². The number of hydrogen-bond donors (Lipinski definition) is 1. The Kier molecular flexibility index (Phi) is 3.43. The summed E-state index contributed by atoms with van der Waals surface area (Å²) < 4.78 is 12.8. The first kappa shape index (κ1) is 11.6. The number of aromatic hydroxyl groups is 1. The fourth-order valence-electron chi connectivity index (χ4n) is 1.89. The van der Waals surface area contributed by atoms with Gasteiger partial charge in [0.05, 0.1) is 0 Å². The summed E-state index contributed by atoms with van der Waals surface area (Å²) in [4.78, 5) is 0. The van der Waals surface area contributed by atoms with Crippen LogP contribution in [0.2, 0.25) is 0 Å². The Hall–Kier alpha value is -1.83. The first-order valence-electron chi connectivity index (χ1n) is 5.68. The third-order valence-electron chi connectivity index (χ3n) is 2.92. The summed E-state index contributed by atoms with van der Waals surface area (Å²) in [7, 11) is 0. The van der Waals surface area contributed by atoms with Crippen molar-refractivity contribution in [2.75, 3.05) is 0 Å². The second kappa shape index (κ2) is 5.00. The van der Waals surface area contributed by atoms with E-state index < -0.39 is 0 Å². The van der Waals surface area contributed by atoms with Gasteiger partial charge in [0, 0.05) is 0 Å². The fourth-order valence-corrected chi connectivity index (χ4v) is 1.89. The molecule has 0 bridgehead atoms. The van der Waals surface area contributed by atoms with Crippen molar-refractivity contribution < 1.29 is 9.50 Å². The molecule has 1 nitrogen and oxygen atoms in total. The van der Waals surface area contributed by atoms with Crippen molar-refractivity contribution >= 4 is 0 Å². The zero-order valence-corrected chi connectivity index (χ0v) is 9.73. The first-order valence-corrected chi connectivity index (χ1v) is 5.68. The van der Waals surface area contributed by atoms with Crippen molar-refractivity contribution in [3.63, 3.8) is 0 Å². The van der Waals surface area contributed by atoms with E-state index in [1.54, 1.807) is 12.1 Å². The Morgan fingerprint density at radius 3 is 2.18 bits per heavy atom. The van der Waals surface area contributed by atoms with Crippen molar-refractivity contribution in [1.82, 2.24) is 0 Å². The van der Waals surface area contributed by atoms with Crippen molar-refractivity contribution in [2.45, 2.75) is 19.3 Å². The molecule has 0 radical (unpaired) electrons. The molecule has 0 aliphatic heterocycles. The van der Waals surface area contributed by atoms with Crippen molar-refractivity contribution in [2.24, 2.45) is 0 Å². The highest BCUT2D eigenvalue weighted by Gasteiger charge is 2.06. The molecule has 0 aromatic heterocycles. The van der Waals surface area contributed by atoms with Gasteiger partial charge in [0.15, 0.2) is 0 Å². The summed E-state index contributed by atoms with van der Waals surface area (Å²) in [5.74, 6) is 0.411. The molecule has 0 fully saturated rings. The van der Waals surface area contributed by atoms with Gasteiger partial charge < -0.3 is 5.11 Å². The quantitative estimate of drug-likeness (QED) is 0.848. The third kappa shape index (κ3) is 3.06. The number of phenols is 1. The summed E-state index contributed by atoms with van der Waals surface area (Å²) in [5.41, 5.74) is 2.29. The topological polar surface area (TPSA) is 20.2 Å². The Morgan fingerprint density at radius 1 is 1.00 bits per heavy atom. The fraction of sp³-hybridized carbons (Fsp3) is 0.200. The van der Waals surface area contributed by atoms with Crippen LogP contribution in [0, 0.1) is 5.82 Å². The lowest BCUT2D eigenvalue weighted by Gasteiger charge is -2.12. The van der Waals surface area contributed by atoms with Gasteiger partial charge in [-0.2, -0.15) is 0 Å². The Labute approximate surface area is 101 Å². The van der Waals surface area contributed by atoms with Gasteiger partial charge in [0.2, 0.25) is 0 Å². The van der Waals surface area contributed by atoms with E-state index in [1.807, 2.05) is 24.3 Å². The number of hydrogen-bond acceptors (Lipinski definition) is 1. The smallest absolute Gasteiger partial charge is 0.123 e. The average molecular weight is 230 g/mol. The van der Waals surface area contributed by atoms with Crippen LogP contribution in [-0.2, 0) is 6.42 Å². The van der Waals surface area contributed by atoms with E-state index in [0.717, 1.165) is 12.0 Å². The van der Waals surface area contributed by atoms with E-state index in [2.05, 4.69) is 6.92 Å². The van der Waals surface area contributed by atoms with E-state index in [4.69, 9.17) is 0 Å². The molecule has 0 saturated carbocycles. The Balaban J connectivity index is 2.08. The highest BCUT2D eigenvalue weighted by atomic mass is 19.1. The molecule has 0 amide bonds. The molecule has 2 heteroatoms. The van der Waals surface area contributed by atoms with Crippen LogP contribution < -0.4 is 0 Å². The molecule has 0 aliphatic rings. The predicted octanol–water partition coefficient (Wildman–Crippen LogP) is 3.88. The number of phenolic OH excluding ortho intramolecular Hbond substituents is 1. The zero-order chi connectivity index (χ0) is 12.3. The molecule has 0 heterocycles. The highest BCUT2D eigenvalue weighted by Crippen LogP contribution is 2.21. The molecule has 17 heavy (non-hydrogen) atoms. The maximum atomic E-state index is 12.8. The molecule has 1 atom stereocenters. The van der Waals surface area contributed by atoms with Crippen LogP contribution in [0.5, 0.6) is 5.75 Å². The molecule has 0 spiro atoms. The van der Waals surface area contributed by atoms with Crippen LogP contribution >= 0.6 is 0 Å². The molecule has 2 rings (SSSR count). The first-order chi connectivity index (χ1) is 8.15. The maximum Gasteiger partial charge on any atom is 0.123 e. The summed E-state index contributed by atoms with van der Waals surface area (Å²) in [6.07, 6.45) is 0.881.